The Bertz CT molecular complexity index is 437. The summed E-state index contributed by atoms with van der Waals surface area (Å²) in [4.78, 5) is 2.19. The first-order valence-electron chi connectivity index (χ1n) is 7.63. The van der Waals surface area contributed by atoms with Gasteiger partial charge in [-0.05, 0) is 50.2 Å². The molecule has 2 rings (SSSR count). The molecule has 0 aromatic heterocycles. The molecular formula is C17H28N2O. The van der Waals surface area contributed by atoms with Crippen molar-refractivity contribution in [2.24, 2.45) is 5.73 Å². The topological polar surface area (TPSA) is 38.5 Å². The fourth-order valence-electron chi connectivity index (χ4n) is 3.38. The van der Waals surface area contributed by atoms with Gasteiger partial charge in [-0.3, -0.25) is 0 Å². The van der Waals surface area contributed by atoms with E-state index < -0.39 is 0 Å². The van der Waals surface area contributed by atoms with Crippen molar-refractivity contribution in [3.8, 4) is 5.75 Å². The lowest BCUT2D eigenvalue weighted by Gasteiger charge is -2.37. The summed E-state index contributed by atoms with van der Waals surface area (Å²) in [6.07, 6.45) is 6.33. The van der Waals surface area contributed by atoms with Crippen LogP contribution in [0.25, 0.3) is 0 Å². The molecule has 1 aliphatic carbocycles. The third-order valence-corrected chi connectivity index (χ3v) is 4.51. The minimum Gasteiger partial charge on any atom is -0.497 e. The van der Waals surface area contributed by atoms with E-state index in [1.54, 1.807) is 7.11 Å². The molecule has 0 radical (unpaired) electrons. The van der Waals surface area contributed by atoms with Gasteiger partial charge in [-0.15, -0.1) is 0 Å². The third-order valence-electron chi connectivity index (χ3n) is 4.51. The number of benzene rings is 1. The van der Waals surface area contributed by atoms with Crippen LogP contribution < -0.4 is 10.5 Å². The van der Waals surface area contributed by atoms with Gasteiger partial charge in [-0.1, -0.05) is 25.3 Å². The van der Waals surface area contributed by atoms with Crippen molar-refractivity contribution < 1.29 is 4.74 Å². The minimum atomic E-state index is 0.161. The fourth-order valence-corrected chi connectivity index (χ4v) is 3.38. The van der Waals surface area contributed by atoms with Crippen LogP contribution in [0, 0.1) is 0 Å². The molecule has 0 unspecified atom stereocenters. The van der Waals surface area contributed by atoms with Crippen LogP contribution in [-0.2, 0) is 12.0 Å². The largest absolute Gasteiger partial charge is 0.497 e. The van der Waals surface area contributed by atoms with Crippen LogP contribution in [-0.4, -0.2) is 32.6 Å². The lowest BCUT2D eigenvalue weighted by Crippen LogP contribution is -2.37. The van der Waals surface area contributed by atoms with Gasteiger partial charge < -0.3 is 15.4 Å². The number of nitrogens with two attached hydrogens (primary N) is 1. The Morgan fingerprint density at radius 3 is 2.40 bits per heavy atom. The summed E-state index contributed by atoms with van der Waals surface area (Å²) < 4.78 is 5.50. The van der Waals surface area contributed by atoms with E-state index in [-0.39, 0.29) is 5.41 Å². The maximum atomic E-state index is 6.16. The van der Waals surface area contributed by atoms with E-state index >= 15 is 0 Å². The highest BCUT2D eigenvalue weighted by Crippen LogP contribution is 2.40. The maximum Gasteiger partial charge on any atom is 0.119 e. The van der Waals surface area contributed by atoms with Crippen molar-refractivity contribution in [3.05, 3.63) is 29.3 Å². The van der Waals surface area contributed by atoms with Crippen molar-refractivity contribution in [3.63, 3.8) is 0 Å². The molecule has 0 bridgehead atoms. The summed E-state index contributed by atoms with van der Waals surface area (Å²) in [7, 11) is 5.94. The molecule has 1 fully saturated rings. The van der Waals surface area contributed by atoms with Crippen molar-refractivity contribution >= 4 is 0 Å². The highest BCUT2D eigenvalue weighted by Gasteiger charge is 2.33. The second kappa shape index (κ2) is 6.59. The predicted molar refractivity (Wildman–Crippen MR) is 84.2 cm³/mol. The van der Waals surface area contributed by atoms with Gasteiger partial charge in [0, 0.05) is 18.5 Å². The lowest BCUT2D eigenvalue weighted by molar-refractivity contribution is 0.298. The number of nitrogens with zero attached hydrogens (tertiary/aromatic N) is 1. The van der Waals surface area contributed by atoms with E-state index in [4.69, 9.17) is 10.5 Å². The Labute approximate surface area is 123 Å². The van der Waals surface area contributed by atoms with Gasteiger partial charge in [-0.2, -0.15) is 0 Å². The van der Waals surface area contributed by atoms with Crippen LogP contribution in [0.1, 0.15) is 43.2 Å². The summed E-state index contributed by atoms with van der Waals surface area (Å²) in [6, 6.07) is 6.66. The molecule has 1 aliphatic rings. The molecule has 3 nitrogen and oxygen atoms in total. The zero-order chi connectivity index (χ0) is 14.6. The van der Waals surface area contributed by atoms with E-state index in [0.29, 0.717) is 0 Å². The molecule has 1 aromatic rings. The molecule has 0 heterocycles. The number of hydrogen-bond acceptors (Lipinski definition) is 3. The SMILES string of the molecule is COc1cc(CN(C)C)cc(C2(CN)CCCCC2)c1. The van der Waals surface area contributed by atoms with Crippen LogP contribution in [0.3, 0.4) is 0 Å². The molecule has 0 atom stereocenters. The smallest absolute Gasteiger partial charge is 0.119 e. The number of ether oxygens (including phenoxy) is 1. The van der Waals surface area contributed by atoms with E-state index in [0.717, 1.165) is 18.8 Å². The van der Waals surface area contributed by atoms with Gasteiger partial charge in [0.05, 0.1) is 7.11 Å². The summed E-state index contributed by atoms with van der Waals surface area (Å²) in [5, 5.41) is 0. The molecule has 0 aliphatic heterocycles. The fraction of sp³-hybridized carbons (Fsp3) is 0.647. The summed E-state index contributed by atoms with van der Waals surface area (Å²) >= 11 is 0. The summed E-state index contributed by atoms with van der Waals surface area (Å²) in [5.41, 5.74) is 9.00. The standard InChI is InChI=1S/C17H28N2O/c1-19(2)12-14-9-15(11-16(10-14)20-3)17(13-18)7-5-4-6-8-17/h9-11H,4-8,12-13,18H2,1-3H3. The van der Waals surface area contributed by atoms with Gasteiger partial charge in [0.1, 0.15) is 5.75 Å². The van der Waals surface area contributed by atoms with Crippen molar-refractivity contribution in [2.45, 2.75) is 44.1 Å². The molecular weight excluding hydrogens is 248 g/mol. The van der Waals surface area contributed by atoms with Crippen LogP contribution >= 0.6 is 0 Å². The van der Waals surface area contributed by atoms with E-state index in [1.165, 1.54) is 43.2 Å². The summed E-state index contributed by atoms with van der Waals surface area (Å²) in [5.74, 6) is 0.956. The van der Waals surface area contributed by atoms with Crippen molar-refractivity contribution in [2.75, 3.05) is 27.7 Å². The number of rotatable bonds is 5. The summed E-state index contributed by atoms with van der Waals surface area (Å²) in [6.45, 7) is 1.67. The van der Waals surface area contributed by atoms with Crippen LogP contribution in [0.15, 0.2) is 18.2 Å². The zero-order valence-electron chi connectivity index (χ0n) is 13.1. The molecule has 0 amide bonds. The number of hydrogen-bond donors (Lipinski definition) is 1. The Kier molecular flexibility index (Phi) is 5.06. The van der Waals surface area contributed by atoms with Crippen molar-refractivity contribution in [1.29, 1.82) is 0 Å². The van der Waals surface area contributed by atoms with Gasteiger partial charge in [-0.25, -0.2) is 0 Å². The Morgan fingerprint density at radius 1 is 1.15 bits per heavy atom. The molecule has 1 saturated carbocycles. The molecule has 0 spiro atoms. The maximum absolute atomic E-state index is 6.16. The molecule has 112 valence electrons. The average molecular weight is 276 g/mol. The van der Waals surface area contributed by atoms with E-state index in [1.807, 2.05) is 0 Å². The molecule has 0 saturated heterocycles. The monoisotopic (exact) mass is 276 g/mol. The second-order valence-corrected chi connectivity index (χ2v) is 6.35. The second-order valence-electron chi connectivity index (χ2n) is 6.35. The van der Waals surface area contributed by atoms with Crippen LogP contribution in [0.5, 0.6) is 5.75 Å². The quantitative estimate of drug-likeness (QED) is 0.898. The molecule has 20 heavy (non-hydrogen) atoms. The molecule has 3 heteroatoms. The van der Waals surface area contributed by atoms with E-state index in [2.05, 4.69) is 37.2 Å². The average Bonchev–Trinajstić information content (AvgIpc) is 2.46. The Balaban J connectivity index is 2.37. The predicted octanol–water partition coefficient (Wildman–Crippen LogP) is 2.92. The van der Waals surface area contributed by atoms with Crippen LogP contribution in [0.2, 0.25) is 0 Å². The highest BCUT2D eigenvalue weighted by atomic mass is 16.5. The van der Waals surface area contributed by atoms with Crippen LogP contribution in [0.4, 0.5) is 0 Å². The van der Waals surface area contributed by atoms with Gasteiger partial charge in [0.2, 0.25) is 0 Å². The normalized spacial score (nSPS) is 18.2. The third kappa shape index (κ3) is 3.33. The zero-order valence-corrected chi connectivity index (χ0v) is 13.1. The van der Waals surface area contributed by atoms with Gasteiger partial charge in [0.25, 0.3) is 0 Å². The number of methoxy groups -OCH3 is 1. The van der Waals surface area contributed by atoms with E-state index in [9.17, 15) is 0 Å². The Morgan fingerprint density at radius 2 is 1.85 bits per heavy atom. The van der Waals surface area contributed by atoms with Gasteiger partial charge >= 0.3 is 0 Å². The first-order chi connectivity index (χ1) is 9.59. The molecule has 2 N–H and O–H groups in total. The first-order valence-corrected chi connectivity index (χ1v) is 7.63. The van der Waals surface area contributed by atoms with Crippen molar-refractivity contribution in [1.82, 2.24) is 4.90 Å². The molecule has 1 aromatic carbocycles. The first kappa shape index (κ1) is 15.3. The lowest BCUT2D eigenvalue weighted by atomic mass is 9.69. The Hall–Kier alpha value is -1.06. The van der Waals surface area contributed by atoms with Gasteiger partial charge in [0.15, 0.2) is 0 Å². The minimum absolute atomic E-state index is 0.161. The highest BCUT2D eigenvalue weighted by molar-refractivity contribution is 5.39.